The summed E-state index contributed by atoms with van der Waals surface area (Å²) in [6, 6.07) is 8.48. The van der Waals surface area contributed by atoms with Gasteiger partial charge in [-0.1, -0.05) is 30.7 Å². The number of rotatable bonds is 6. The van der Waals surface area contributed by atoms with E-state index < -0.39 is 11.9 Å². The second kappa shape index (κ2) is 11.8. The standard InChI is InChI=1S/C20H26F3N5S.HI/c1-24-19(26-12-18-27-17(14-29-18)20(21,22)23)25-11-15-5-7-16(8-6-15)13-28-9-3-2-4-10-28;/h5-8,14H,2-4,9-13H2,1H3,(H2,24,25,26);1H. The molecule has 0 radical (unpaired) electrons. The number of alkyl halides is 3. The van der Waals surface area contributed by atoms with Crippen LogP contribution in [0, 0.1) is 0 Å². The molecule has 1 fully saturated rings. The SMILES string of the molecule is CN=C(NCc1ccc(CN2CCCCC2)cc1)NCc1nc(C(F)(F)F)cs1.I. The average Bonchev–Trinajstić information content (AvgIpc) is 3.20. The Morgan fingerprint density at radius 3 is 2.30 bits per heavy atom. The molecule has 2 N–H and O–H groups in total. The van der Waals surface area contributed by atoms with Crippen molar-refractivity contribution in [2.24, 2.45) is 4.99 Å². The van der Waals surface area contributed by atoms with Gasteiger partial charge in [0.05, 0.1) is 6.54 Å². The maximum Gasteiger partial charge on any atom is 0.434 e. The molecule has 5 nitrogen and oxygen atoms in total. The molecule has 1 saturated heterocycles. The van der Waals surface area contributed by atoms with Crippen molar-refractivity contribution in [1.82, 2.24) is 20.5 Å². The molecule has 166 valence electrons. The lowest BCUT2D eigenvalue weighted by Gasteiger charge is -2.26. The second-order valence-corrected chi connectivity index (χ2v) is 8.00. The van der Waals surface area contributed by atoms with Crippen LogP contribution < -0.4 is 10.6 Å². The molecular formula is C20H27F3IN5S. The Hall–Kier alpha value is -1.40. The highest BCUT2D eigenvalue weighted by Crippen LogP contribution is 2.29. The first kappa shape index (κ1) is 24.9. The maximum atomic E-state index is 12.6. The summed E-state index contributed by atoms with van der Waals surface area (Å²) in [6.45, 7) is 4.11. The number of piperidine rings is 1. The van der Waals surface area contributed by atoms with Gasteiger partial charge >= 0.3 is 6.18 Å². The molecule has 10 heteroatoms. The van der Waals surface area contributed by atoms with Crippen molar-refractivity contribution in [3.8, 4) is 0 Å². The second-order valence-electron chi connectivity index (χ2n) is 7.06. The summed E-state index contributed by atoms with van der Waals surface area (Å²) in [4.78, 5) is 10.2. The predicted octanol–water partition coefficient (Wildman–Crippen LogP) is 4.63. The lowest BCUT2D eigenvalue weighted by molar-refractivity contribution is -0.140. The zero-order chi connectivity index (χ0) is 20.7. The van der Waals surface area contributed by atoms with Crippen LogP contribution in [-0.4, -0.2) is 36.0 Å². The minimum absolute atomic E-state index is 0. The van der Waals surface area contributed by atoms with Gasteiger partial charge in [0.15, 0.2) is 11.7 Å². The third-order valence-electron chi connectivity index (χ3n) is 4.81. The van der Waals surface area contributed by atoms with Crippen molar-refractivity contribution in [2.45, 2.75) is 45.1 Å². The Balaban J connectivity index is 0.00000320. The molecule has 1 aromatic heterocycles. The molecule has 1 aliphatic heterocycles. The number of likely N-dealkylation sites (tertiary alicyclic amines) is 1. The molecular weight excluding hydrogens is 526 g/mol. The van der Waals surface area contributed by atoms with E-state index in [0.29, 0.717) is 17.5 Å². The van der Waals surface area contributed by atoms with E-state index in [1.54, 1.807) is 7.05 Å². The predicted molar refractivity (Wildman–Crippen MR) is 125 cm³/mol. The van der Waals surface area contributed by atoms with Crippen LogP contribution in [0.1, 0.15) is 41.1 Å². The van der Waals surface area contributed by atoms with Crippen LogP contribution in [0.5, 0.6) is 0 Å². The lowest BCUT2D eigenvalue weighted by Crippen LogP contribution is -2.36. The number of aromatic nitrogens is 1. The Kier molecular flexibility index (Phi) is 9.82. The van der Waals surface area contributed by atoms with Crippen molar-refractivity contribution < 1.29 is 13.2 Å². The van der Waals surface area contributed by atoms with Gasteiger partial charge in [-0.05, 0) is 37.1 Å². The van der Waals surface area contributed by atoms with Gasteiger partial charge in [-0.15, -0.1) is 35.3 Å². The number of nitrogens with one attached hydrogen (secondary N) is 2. The van der Waals surface area contributed by atoms with Crippen LogP contribution in [-0.2, 0) is 25.8 Å². The first-order chi connectivity index (χ1) is 13.9. The van der Waals surface area contributed by atoms with Gasteiger partial charge in [0.2, 0.25) is 0 Å². The average molecular weight is 553 g/mol. The fourth-order valence-corrected chi connectivity index (χ4v) is 3.97. The van der Waals surface area contributed by atoms with Crippen LogP contribution in [0.25, 0.3) is 0 Å². The van der Waals surface area contributed by atoms with Gasteiger partial charge in [0.1, 0.15) is 5.01 Å². The summed E-state index contributed by atoms with van der Waals surface area (Å²) in [6.07, 6.45) is -0.503. The number of nitrogens with zero attached hydrogens (tertiary/aromatic N) is 3. The number of guanidine groups is 1. The van der Waals surface area contributed by atoms with Gasteiger partial charge in [0.25, 0.3) is 0 Å². The molecule has 30 heavy (non-hydrogen) atoms. The highest BCUT2D eigenvalue weighted by atomic mass is 127. The Bertz CT molecular complexity index is 802. The van der Waals surface area contributed by atoms with E-state index in [1.165, 1.54) is 37.9 Å². The van der Waals surface area contributed by atoms with E-state index in [9.17, 15) is 13.2 Å². The first-order valence-electron chi connectivity index (χ1n) is 9.70. The van der Waals surface area contributed by atoms with E-state index in [1.807, 2.05) is 0 Å². The molecule has 1 aromatic carbocycles. The Morgan fingerprint density at radius 1 is 1.07 bits per heavy atom. The largest absolute Gasteiger partial charge is 0.434 e. The molecule has 0 saturated carbocycles. The van der Waals surface area contributed by atoms with Crippen LogP contribution in [0.4, 0.5) is 13.2 Å². The number of thiazole rings is 1. The van der Waals surface area contributed by atoms with Gasteiger partial charge < -0.3 is 10.6 Å². The summed E-state index contributed by atoms with van der Waals surface area (Å²) in [5.41, 5.74) is 1.57. The molecule has 3 rings (SSSR count). The van der Waals surface area contributed by atoms with E-state index in [4.69, 9.17) is 0 Å². The molecule has 0 amide bonds. The fourth-order valence-electron chi connectivity index (χ4n) is 3.23. The molecule has 2 heterocycles. The molecule has 0 bridgehead atoms. The van der Waals surface area contributed by atoms with Crippen LogP contribution in [0.2, 0.25) is 0 Å². The quantitative estimate of drug-likeness (QED) is 0.311. The van der Waals surface area contributed by atoms with Crippen molar-refractivity contribution >= 4 is 41.3 Å². The number of halogens is 4. The normalized spacial score (nSPS) is 15.5. The zero-order valence-electron chi connectivity index (χ0n) is 16.8. The Morgan fingerprint density at radius 2 is 1.70 bits per heavy atom. The van der Waals surface area contributed by atoms with Crippen molar-refractivity contribution in [1.29, 1.82) is 0 Å². The van der Waals surface area contributed by atoms with E-state index in [0.717, 1.165) is 28.8 Å². The molecule has 0 atom stereocenters. The molecule has 0 aliphatic carbocycles. The van der Waals surface area contributed by atoms with Gasteiger partial charge in [-0.25, -0.2) is 4.98 Å². The molecule has 0 spiro atoms. The first-order valence-corrected chi connectivity index (χ1v) is 10.6. The number of hydrogen-bond donors (Lipinski definition) is 2. The summed E-state index contributed by atoms with van der Waals surface area (Å²) < 4.78 is 37.9. The van der Waals surface area contributed by atoms with Gasteiger partial charge in [-0.3, -0.25) is 9.89 Å². The minimum atomic E-state index is -4.41. The third kappa shape index (κ3) is 7.69. The van der Waals surface area contributed by atoms with E-state index in [-0.39, 0.29) is 30.5 Å². The molecule has 2 aromatic rings. The summed E-state index contributed by atoms with van der Waals surface area (Å²) in [5.74, 6) is 0.520. The lowest BCUT2D eigenvalue weighted by atomic mass is 10.1. The maximum absolute atomic E-state index is 12.6. The number of aliphatic imine (C=N–C) groups is 1. The summed E-state index contributed by atoms with van der Waals surface area (Å²) in [5, 5.41) is 7.57. The fraction of sp³-hybridized carbons (Fsp3) is 0.500. The smallest absolute Gasteiger partial charge is 0.352 e. The van der Waals surface area contributed by atoms with Crippen molar-refractivity contribution in [3.05, 3.63) is 51.5 Å². The van der Waals surface area contributed by atoms with Crippen molar-refractivity contribution in [2.75, 3.05) is 20.1 Å². The van der Waals surface area contributed by atoms with Gasteiger partial charge in [-0.2, -0.15) is 13.2 Å². The zero-order valence-corrected chi connectivity index (χ0v) is 20.0. The molecule has 1 aliphatic rings. The monoisotopic (exact) mass is 553 g/mol. The van der Waals surface area contributed by atoms with Crippen LogP contribution in [0.15, 0.2) is 34.6 Å². The van der Waals surface area contributed by atoms with Gasteiger partial charge in [0, 0.05) is 25.5 Å². The van der Waals surface area contributed by atoms with Crippen LogP contribution in [0.3, 0.4) is 0 Å². The Labute approximate surface area is 196 Å². The topological polar surface area (TPSA) is 52.6 Å². The highest BCUT2D eigenvalue weighted by Gasteiger charge is 2.33. The number of benzene rings is 1. The van der Waals surface area contributed by atoms with E-state index >= 15 is 0 Å². The third-order valence-corrected chi connectivity index (χ3v) is 5.66. The molecule has 0 unspecified atom stereocenters. The van der Waals surface area contributed by atoms with E-state index in [2.05, 4.69) is 49.8 Å². The number of hydrogen-bond acceptors (Lipinski definition) is 4. The summed E-state index contributed by atoms with van der Waals surface area (Å²) in [7, 11) is 1.63. The van der Waals surface area contributed by atoms with Crippen LogP contribution >= 0.6 is 35.3 Å². The minimum Gasteiger partial charge on any atom is -0.352 e. The summed E-state index contributed by atoms with van der Waals surface area (Å²) >= 11 is 0.979. The van der Waals surface area contributed by atoms with Crippen molar-refractivity contribution in [3.63, 3.8) is 0 Å². The highest BCUT2D eigenvalue weighted by molar-refractivity contribution is 14.0.